The SMILES string of the molecule is O=C(O)CC1CSCCN1C(=O)c1cncc(O)c1. The molecule has 1 aliphatic rings. The summed E-state index contributed by atoms with van der Waals surface area (Å²) in [5.74, 6) is 0.125. The van der Waals surface area contributed by atoms with Crippen LogP contribution in [0.3, 0.4) is 0 Å². The second kappa shape index (κ2) is 5.92. The molecular formula is C12H14N2O4S. The van der Waals surface area contributed by atoms with Gasteiger partial charge in [-0.15, -0.1) is 0 Å². The Morgan fingerprint density at radius 3 is 2.95 bits per heavy atom. The predicted octanol–water partition coefficient (Wildman–Crippen LogP) is 0.820. The molecular weight excluding hydrogens is 268 g/mol. The number of aliphatic carboxylic acids is 1. The highest BCUT2D eigenvalue weighted by Crippen LogP contribution is 2.22. The van der Waals surface area contributed by atoms with E-state index in [0.717, 1.165) is 5.75 Å². The van der Waals surface area contributed by atoms with E-state index in [1.54, 1.807) is 16.7 Å². The van der Waals surface area contributed by atoms with Gasteiger partial charge in [-0.05, 0) is 6.07 Å². The Morgan fingerprint density at radius 1 is 1.47 bits per heavy atom. The van der Waals surface area contributed by atoms with Gasteiger partial charge in [0, 0.05) is 24.2 Å². The average molecular weight is 282 g/mol. The van der Waals surface area contributed by atoms with E-state index in [2.05, 4.69) is 4.98 Å². The smallest absolute Gasteiger partial charge is 0.305 e. The minimum absolute atomic E-state index is 0.0645. The summed E-state index contributed by atoms with van der Waals surface area (Å²) in [7, 11) is 0. The third kappa shape index (κ3) is 3.37. The van der Waals surface area contributed by atoms with E-state index >= 15 is 0 Å². The summed E-state index contributed by atoms with van der Waals surface area (Å²) in [4.78, 5) is 28.5. The maximum Gasteiger partial charge on any atom is 0.305 e. The average Bonchev–Trinajstić information content (AvgIpc) is 2.38. The Balaban J connectivity index is 2.17. The van der Waals surface area contributed by atoms with Crippen LogP contribution in [-0.2, 0) is 4.79 Å². The van der Waals surface area contributed by atoms with Gasteiger partial charge < -0.3 is 15.1 Å². The summed E-state index contributed by atoms with van der Waals surface area (Å²) in [6.45, 7) is 0.511. The van der Waals surface area contributed by atoms with Crippen molar-refractivity contribution < 1.29 is 19.8 Å². The van der Waals surface area contributed by atoms with E-state index in [1.165, 1.54) is 18.5 Å². The van der Waals surface area contributed by atoms with Gasteiger partial charge >= 0.3 is 5.97 Å². The van der Waals surface area contributed by atoms with E-state index in [1.807, 2.05) is 0 Å². The molecule has 0 saturated carbocycles. The first-order valence-electron chi connectivity index (χ1n) is 5.82. The summed E-state index contributed by atoms with van der Waals surface area (Å²) < 4.78 is 0. The summed E-state index contributed by atoms with van der Waals surface area (Å²) in [5, 5.41) is 18.2. The van der Waals surface area contributed by atoms with Crippen LogP contribution in [0.15, 0.2) is 18.5 Å². The fraction of sp³-hybridized carbons (Fsp3) is 0.417. The fourth-order valence-corrected chi connectivity index (χ4v) is 3.07. The highest BCUT2D eigenvalue weighted by molar-refractivity contribution is 7.99. The Labute approximate surface area is 114 Å². The van der Waals surface area contributed by atoms with Crippen LogP contribution in [-0.4, -0.2) is 56.1 Å². The van der Waals surface area contributed by atoms with Gasteiger partial charge in [-0.25, -0.2) is 0 Å². The molecule has 102 valence electrons. The summed E-state index contributed by atoms with van der Waals surface area (Å²) in [6.07, 6.45) is 2.56. The van der Waals surface area contributed by atoms with E-state index in [9.17, 15) is 14.7 Å². The van der Waals surface area contributed by atoms with Crippen molar-refractivity contribution in [3.05, 3.63) is 24.0 Å². The van der Waals surface area contributed by atoms with Gasteiger partial charge in [-0.1, -0.05) is 0 Å². The molecule has 0 aromatic carbocycles. The normalized spacial score (nSPS) is 19.2. The molecule has 7 heteroatoms. The lowest BCUT2D eigenvalue weighted by molar-refractivity contribution is -0.138. The summed E-state index contributed by atoms with van der Waals surface area (Å²) in [5.41, 5.74) is 0.280. The van der Waals surface area contributed by atoms with Gasteiger partial charge in [-0.2, -0.15) is 11.8 Å². The lowest BCUT2D eigenvalue weighted by Gasteiger charge is -2.34. The van der Waals surface area contributed by atoms with E-state index in [0.29, 0.717) is 12.3 Å². The number of amides is 1. The zero-order valence-electron chi connectivity index (χ0n) is 10.2. The van der Waals surface area contributed by atoms with Gasteiger partial charge in [0.15, 0.2) is 0 Å². The van der Waals surface area contributed by atoms with Crippen LogP contribution in [0, 0.1) is 0 Å². The van der Waals surface area contributed by atoms with Crippen LogP contribution in [0.4, 0.5) is 0 Å². The number of hydrogen-bond donors (Lipinski definition) is 2. The molecule has 1 aliphatic heterocycles. The Hall–Kier alpha value is -1.76. The first-order valence-corrected chi connectivity index (χ1v) is 6.98. The molecule has 0 bridgehead atoms. The first-order chi connectivity index (χ1) is 9.08. The number of pyridine rings is 1. The second-order valence-corrected chi connectivity index (χ2v) is 5.41. The summed E-state index contributed by atoms with van der Waals surface area (Å²) in [6, 6.07) is 1.03. The molecule has 0 radical (unpaired) electrons. The maximum atomic E-state index is 12.3. The van der Waals surface area contributed by atoms with Crippen molar-refractivity contribution in [3.63, 3.8) is 0 Å². The van der Waals surface area contributed by atoms with Gasteiger partial charge in [-0.3, -0.25) is 14.6 Å². The fourth-order valence-electron chi connectivity index (χ4n) is 2.00. The number of carbonyl (C=O) groups is 2. The zero-order chi connectivity index (χ0) is 13.8. The molecule has 2 rings (SSSR count). The minimum Gasteiger partial charge on any atom is -0.506 e. The molecule has 0 aliphatic carbocycles. The number of hydrogen-bond acceptors (Lipinski definition) is 5. The van der Waals surface area contributed by atoms with Crippen LogP contribution in [0.5, 0.6) is 5.75 Å². The molecule has 2 heterocycles. The van der Waals surface area contributed by atoms with Crippen molar-refractivity contribution in [2.75, 3.05) is 18.1 Å². The van der Waals surface area contributed by atoms with E-state index in [4.69, 9.17) is 5.11 Å². The largest absolute Gasteiger partial charge is 0.506 e. The third-order valence-corrected chi connectivity index (χ3v) is 3.96. The monoisotopic (exact) mass is 282 g/mol. The van der Waals surface area contributed by atoms with E-state index < -0.39 is 5.97 Å². The van der Waals surface area contributed by atoms with Crippen LogP contribution >= 0.6 is 11.8 Å². The van der Waals surface area contributed by atoms with Crippen molar-refractivity contribution in [2.24, 2.45) is 0 Å². The predicted molar refractivity (Wildman–Crippen MR) is 70.3 cm³/mol. The molecule has 0 spiro atoms. The van der Waals surface area contributed by atoms with Crippen LogP contribution in [0.1, 0.15) is 16.8 Å². The Morgan fingerprint density at radius 2 is 2.26 bits per heavy atom. The zero-order valence-corrected chi connectivity index (χ0v) is 11.0. The number of carboxylic acids is 1. The number of rotatable bonds is 3. The number of thioether (sulfide) groups is 1. The van der Waals surface area contributed by atoms with Crippen molar-refractivity contribution >= 4 is 23.6 Å². The molecule has 6 nitrogen and oxygen atoms in total. The standard InChI is InChI=1S/C12H14N2O4S/c15-10-3-8(5-13-6-10)12(18)14-1-2-19-7-9(14)4-11(16)17/h3,5-6,9,15H,1-2,4,7H2,(H,16,17). The third-order valence-electron chi connectivity index (χ3n) is 2.87. The number of aromatic nitrogens is 1. The van der Waals surface area contributed by atoms with Crippen molar-refractivity contribution in [3.8, 4) is 5.75 Å². The lowest BCUT2D eigenvalue weighted by atomic mass is 10.1. The molecule has 2 N–H and O–H groups in total. The molecule has 1 aromatic heterocycles. The Bertz CT molecular complexity index is 494. The van der Waals surface area contributed by atoms with Gasteiger partial charge in [0.1, 0.15) is 5.75 Å². The minimum atomic E-state index is -0.917. The number of carboxylic acid groups (broad SMARTS) is 1. The summed E-state index contributed by atoms with van der Waals surface area (Å²) >= 11 is 1.64. The topological polar surface area (TPSA) is 90.7 Å². The molecule has 1 saturated heterocycles. The molecule has 19 heavy (non-hydrogen) atoms. The van der Waals surface area contributed by atoms with Crippen molar-refractivity contribution in [2.45, 2.75) is 12.5 Å². The van der Waals surface area contributed by atoms with Gasteiger partial charge in [0.25, 0.3) is 5.91 Å². The van der Waals surface area contributed by atoms with E-state index in [-0.39, 0.29) is 29.7 Å². The number of nitrogens with zero attached hydrogens (tertiary/aromatic N) is 2. The second-order valence-electron chi connectivity index (χ2n) is 4.26. The van der Waals surface area contributed by atoms with Crippen molar-refractivity contribution in [1.82, 2.24) is 9.88 Å². The Kier molecular flexibility index (Phi) is 4.26. The molecule has 1 fully saturated rings. The molecule has 1 unspecified atom stereocenters. The number of carbonyl (C=O) groups excluding carboxylic acids is 1. The molecule has 1 amide bonds. The van der Waals surface area contributed by atoms with Gasteiger partial charge in [0.2, 0.25) is 0 Å². The molecule has 1 atom stereocenters. The lowest BCUT2D eigenvalue weighted by Crippen LogP contribution is -2.47. The highest BCUT2D eigenvalue weighted by atomic mass is 32.2. The first kappa shape index (κ1) is 13.7. The van der Waals surface area contributed by atoms with Crippen molar-refractivity contribution in [1.29, 1.82) is 0 Å². The quantitative estimate of drug-likeness (QED) is 0.853. The highest BCUT2D eigenvalue weighted by Gasteiger charge is 2.29. The van der Waals surface area contributed by atoms with Crippen LogP contribution < -0.4 is 0 Å². The van der Waals surface area contributed by atoms with Crippen LogP contribution in [0.2, 0.25) is 0 Å². The maximum absolute atomic E-state index is 12.3. The number of aromatic hydroxyl groups is 1. The molecule has 1 aromatic rings. The van der Waals surface area contributed by atoms with Gasteiger partial charge in [0.05, 0.1) is 24.2 Å². The van der Waals surface area contributed by atoms with Crippen LogP contribution in [0.25, 0.3) is 0 Å².